The first kappa shape index (κ1) is 11.4. The number of hydrogen-bond donors (Lipinski definition) is 1. The highest BCUT2D eigenvalue weighted by Gasteiger charge is 2.10. The molecule has 1 aromatic carbocycles. The maximum absolute atomic E-state index is 5.63. The van der Waals surface area contributed by atoms with E-state index in [4.69, 9.17) is 4.18 Å². The van der Waals surface area contributed by atoms with Gasteiger partial charge >= 0.3 is 0 Å². The molecule has 1 heterocycles. The minimum atomic E-state index is 0.0620. The Morgan fingerprint density at radius 1 is 1.29 bits per heavy atom. The van der Waals surface area contributed by atoms with Gasteiger partial charge in [0.1, 0.15) is 0 Å². The van der Waals surface area contributed by atoms with E-state index in [-0.39, 0.29) is 10.8 Å². The van der Waals surface area contributed by atoms with Crippen LogP contribution in [0.2, 0.25) is 0 Å². The zero-order valence-corrected chi connectivity index (χ0v) is 9.51. The molecule has 2 rings (SSSR count). The number of nitrogens with two attached hydrogens (primary N) is 1. The van der Waals surface area contributed by atoms with Crippen molar-refractivity contribution in [2.75, 3.05) is 7.05 Å². The SMILES string of the molecule is C/C=S1/Cc2ccccc2CO1.CN. The van der Waals surface area contributed by atoms with E-state index in [1.165, 1.54) is 18.2 Å². The zero-order chi connectivity index (χ0) is 10.4. The van der Waals surface area contributed by atoms with Gasteiger partial charge in [0, 0.05) is 5.75 Å². The first-order chi connectivity index (χ1) is 6.90. The summed E-state index contributed by atoms with van der Waals surface area (Å²) in [6.45, 7) is 2.85. The van der Waals surface area contributed by atoms with Crippen molar-refractivity contribution in [1.29, 1.82) is 0 Å². The second-order valence-corrected chi connectivity index (χ2v) is 4.55. The molecule has 0 aromatic heterocycles. The highest BCUT2D eigenvalue weighted by atomic mass is 32.2. The molecule has 1 aliphatic heterocycles. The molecule has 1 aliphatic rings. The summed E-state index contributed by atoms with van der Waals surface area (Å²) in [6.07, 6.45) is 0. The van der Waals surface area contributed by atoms with Crippen LogP contribution in [0.4, 0.5) is 0 Å². The predicted molar refractivity (Wildman–Crippen MR) is 64.4 cm³/mol. The summed E-state index contributed by atoms with van der Waals surface area (Å²) < 4.78 is 5.63. The molecule has 1 unspecified atom stereocenters. The largest absolute Gasteiger partial charge is 0.333 e. The number of rotatable bonds is 0. The zero-order valence-electron chi connectivity index (χ0n) is 8.69. The Labute approximate surface area is 88.2 Å². The van der Waals surface area contributed by atoms with Crippen LogP contribution >= 0.6 is 10.8 Å². The van der Waals surface area contributed by atoms with E-state index in [2.05, 4.69) is 42.3 Å². The van der Waals surface area contributed by atoms with Crippen molar-refractivity contribution in [1.82, 2.24) is 0 Å². The molecular formula is C11H17NOS. The van der Waals surface area contributed by atoms with Gasteiger partial charge in [-0.3, -0.25) is 0 Å². The second kappa shape index (κ2) is 5.96. The Kier molecular flexibility index (Phi) is 4.87. The van der Waals surface area contributed by atoms with Crippen molar-refractivity contribution in [2.24, 2.45) is 5.73 Å². The molecule has 1 atom stereocenters. The molecule has 0 saturated carbocycles. The predicted octanol–water partition coefficient (Wildman–Crippen LogP) is 2.30. The minimum Gasteiger partial charge on any atom is -0.333 e. The van der Waals surface area contributed by atoms with Crippen LogP contribution in [0.15, 0.2) is 24.3 Å². The molecule has 14 heavy (non-hydrogen) atoms. The Bertz CT molecular complexity index is 323. The lowest BCUT2D eigenvalue weighted by molar-refractivity contribution is 0.353. The van der Waals surface area contributed by atoms with Crippen molar-refractivity contribution < 1.29 is 4.18 Å². The maximum Gasteiger partial charge on any atom is 0.0860 e. The second-order valence-electron chi connectivity index (χ2n) is 2.79. The van der Waals surface area contributed by atoms with Gasteiger partial charge in [0.2, 0.25) is 0 Å². The van der Waals surface area contributed by atoms with Gasteiger partial charge in [-0.15, -0.1) is 0 Å². The van der Waals surface area contributed by atoms with E-state index in [1.54, 1.807) is 0 Å². The van der Waals surface area contributed by atoms with Gasteiger partial charge in [-0.05, 0) is 30.5 Å². The quantitative estimate of drug-likeness (QED) is 0.668. The smallest absolute Gasteiger partial charge is 0.0860 e. The van der Waals surface area contributed by atoms with E-state index in [1.807, 2.05) is 0 Å². The van der Waals surface area contributed by atoms with Gasteiger partial charge in [-0.2, -0.15) is 0 Å². The molecule has 2 N–H and O–H groups in total. The van der Waals surface area contributed by atoms with Crippen LogP contribution in [-0.4, -0.2) is 12.4 Å². The molecule has 0 fully saturated rings. The molecule has 0 aliphatic carbocycles. The fraction of sp³-hybridized carbons (Fsp3) is 0.364. The summed E-state index contributed by atoms with van der Waals surface area (Å²) in [6, 6.07) is 8.51. The first-order valence-electron chi connectivity index (χ1n) is 4.67. The van der Waals surface area contributed by atoms with E-state index < -0.39 is 0 Å². The molecule has 3 heteroatoms. The summed E-state index contributed by atoms with van der Waals surface area (Å²) >= 11 is 0. The molecule has 0 saturated heterocycles. The van der Waals surface area contributed by atoms with Crippen LogP contribution in [-0.2, 0) is 16.5 Å². The molecule has 0 spiro atoms. The molecular weight excluding hydrogens is 194 g/mol. The summed E-state index contributed by atoms with van der Waals surface area (Å²) in [5, 5.41) is 2.15. The van der Waals surface area contributed by atoms with Crippen molar-refractivity contribution in [3.05, 3.63) is 35.4 Å². The van der Waals surface area contributed by atoms with Crippen LogP contribution in [0.5, 0.6) is 0 Å². The number of fused-ring (bicyclic) bond motifs is 1. The third-order valence-corrected chi connectivity index (χ3v) is 3.59. The lowest BCUT2D eigenvalue weighted by Crippen LogP contribution is -2.02. The van der Waals surface area contributed by atoms with Gasteiger partial charge in [-0.25, -0.2) is 0 Å². The minimum absolute atomic E-state index is 0.0620. The number of benzene rings is 1. The summed E-state index contributed by atoms with van der Waals surface area (Å²) in [7, 11) is 1.56. The summed E-state index contributed by atoms with van der Waals surface area (Å²) in [5.74, 6) is 1.06. The highest BCUT2D eigenvalue weighted by Crippen LogP contribution is 2.30. The normalized spacial score (nSPS) is 19.5. The van der Waals surface area contributed by atoms with Crippen LogP contribution in [0, 0.1) is 0 Å². The van der Waals surface area contributed by atoms with Gasteiger partial charge in [0.15, 0.2) is 0 Å². The van der Waals surface area contributed by atoms with Crippen molar-refractivity contribution in [3.63, 3.8) is 0 Å². The average Bonchev–Trinajstić information content (AvgIpc) is 2.31. The fourth-order valence-electron chi connectivity index (χ4n) is 1.32. The summed E-state index contributed by atoms with van der Waals surface area (Å²) in [4.78, 5) is 0. The van der Waals surface area contributed by atoms with Crippen LogP contribution in [0.25, 0.3) is 0 Å². The topological polar surface area (TPSA) is 35.2 Å². The summed E-state index contributed by atoms with van der Waals surface area (Å²) in [5.41, 5.74) is 7.30. The van der Waals surface area contributed by atoms with Gasteiger partial charge < -0.3 is 9.92 Å². The van der Waals surface area contributed by atoms with Gasteiger partial charge in [0.25, 0.3) is 0 Å². The third kappa shape index (κ3) is 2.67. The van der Waals surface area contributed by atoms with Gasteiger partial charge in [0.05, 0.1) is 6.61 Å². The highest BCUT2D eigenvalue weighted by molar-refractivity contribution is 8.10. The molecule has 0 radical (unpaired) electrons. The van der Waals surface area contributed by atoms with E-state index >= 15 is 0 Å². The molecule has 2 nitrogen and oxygen atoms in total. The Morgan fingerprint density at radius 2 is 1.93 bits per heavy atom. The van der Waals surface area contributed by atoms with Crippen LogP contribution in [0.3, 0.4) is 0 Å². The fourth-order valence-corrected chi connectivity index (χ4v) is 2.58. The maximum atomic E-state index is 5.63. The van der Waals surface area contributed by atoms with Crippen LogP contribution < -0.4 is 5.73 Å². The molecule has 1 aromatic rings. The van der Waals surface area contributed by atoms with Gasteiger partial charge in [-0.1, -0.05) is 35.0 Å². The Balaban J connectivity index is 0.000000461. The van der Waals surface area contributed by atoms with Crippen molar-refractivity contribution in [3.8, 4) is 0 Å². The van der Waals surface area contributed by atoms with Crippen molar-refractivity contribution >= 4 is 16.1 Å². The lowest BCUT2D eigenvalue weighted by Gasteiger charge is -2.19. The third-order valence-electron chi connectivity index (χ3n) is 2.04. The Morgan fingerprint density at radius 3 is 2.57 bits per heavy atom. The van der Waals surface area contributed by atoms with E-state index in [9.17, 15) is 0 Å². The molecule has 0 bridgehead atoms. The molecule has 0 amide bonds. The first-order valence-corrected chi connectivity index (χ1v) is 6.05. The monoisotopic (exact) mass is 211 g/mol. The average molecular weight is 211 g/mol. The Hall–Kier alpha value is -0.640. The standard InChI is InChI=1S/C10H12OS.CH5N/c1-2-12-8-10-6-4-3-5-9(10)7-11-12;1-2/h2-6H,7-8H2,1H3;2H2,1H3. The van der Waals surface area contributed by atoms with E-state index in [0.717, 1.165) is 12.4 Å². The van der Waals surface area contributed by atoms with Crippen LogP contribution in [0.1, 0.15) is 18.1 Å². The lowest BCUT2D eigenvalue weighted by atomic mass is 10.1. The number of hydrogen-bond acceptors (Lipinski definition) is 2. The van der Waals surface area contributed by atoms with E-state index in [0.29, 0.717) is 0 Å². The van der Waals surface area contributed by atoms with Crippen molar-refractivity contribution in [2.45, 2.75) is 19.3 Å². The molecule has 78 valence electrons.